The molecule has 1 fully saturated rings. The molecule has 1 aliphatic rings. The minimum atomic E-state index is -2.57. The van der Waals surface area contributed by atoms with Gasteiger partial charge in [-0.05, 0) is 79.4 Å². The molecule has 0 saturated carbocycles. The number of piperidine rings is 1. The first-order valence-electron chi connectivity index (χ1n) is 12.6. The molecule has 4 aromatic rings. The highest BCUT2D eigenvalue weighted by Gasteiger charge is 2.18. The van der Waals surface area contributed by atoms with Crippen molar-refractivity contribution in [1.29, 1.82) is 0 Å². The van der Waals surface area contributed by atoms with E-state index < -0.39 is 6.43 Å². The molecule has 2 aromatic heterocycles. The van der Waals surface area contributed by atoms with Gasteiger partial charge in [0.1, 0.15) is 5.69 Å². The van der Waals surface area contributed by atoms with E-state index in [0.29, 0.717) is 23.4 Å². The lowest BCUT2D eigenvalue weighted by Gasteiger charge is -2.30. The van der Waals surface area contributed by atoms with Crippen LogP contribution in [0, 0.1) is 6.92 Å². The van der Waals surface area contributed by atoms with Crippen molar-refractivity contribution in [1.82, 2.24) is 19.4 Å². The zero-order valence-corrected chi connectivity index (χ0v) is 21.1. The van der Waals surface area contributed by atoms with Gasteiger partial charge in [0.15, 0.2) is 0 Å². The van der Waals surface area contributed by atoms with Crippen LogP contribution >= 0.6 is 0 Å². The summed E-state index contributed by atoms with van der Waals surface area (Å²) in [6.07, 6.45) is 4.71. The van der Waals surface area contributed by atoms with Crippen molar-refractivity contribution in [2.75, 3.05) is 18.4 Å². The predicted octanol–water partition coefficient (Wildman–Crippen LogP) is 5.36. The van der Waals surface area contributed by atoms with Crippen molar-refractivity contribution >= 4 is 11.6 Å². The van der Waals surface area contributed by atoms with Crippen molar-refractivity contribution in [3.8, 4) is 16.8 Å². The van der Waals surface area contributed by atoms with Crippen LogP contribution in [0.25, 0.3) is 16.8 Å². The van der Waals surface area contributed by atoms with Gasteiger partial charge in [-0.15, -0.1) is 0 Å². The van der Waals surface area contributed by atoms with Crippen LogP contribution in [0.4, 0.5) is 14.5 Å². The Morgan fingerprint density at radius 2 is 1.97 bits per heavy atom. The number of rotatable bonds is 7. The summed E-state index contributed by atoms with van der Waals surface area (Å²) in [5.41, 5.74) is 11.0. The molecule has 1 atom stereocenters. The summed E-state index contributed by atoms with van der Waals surface area (Å²) >= 11 is 0. The summed E-state index contributed by atoms with van der Waals surface area (Å²) in [6.45, 7) is 4.45. The molecule has 9 heteroatoms. The normalized spacial score (nSPS) is 16.1. The van der Waals surface area contributed by atoms with Gasteiger partial charge < -0.3 is 15.6 Å². The summed E-state index contributed by atoms with van der Waals surface area (Å²) in [5, 5.41) is 2.97. The molecule has 1 amide bonds. The standard InChI is InChI=1S/C29H30F2N6O/c1-19-15-37(18-34-19)26-11-20(16-36-9-3-6-24(32)17-36)10-25(14-26)35-29(38)27-13-22(7-8-33-27)21-4-2-5-23(12-21)28(30)31/h2,4-5,7-8,10-15,18,24,28H,3,6,9,16-17,32H2,1H3,(H,35,38). The minimum Gasteiger partial charge on any atom is -0.327 e. The number of pyridine rings is 1. The number of aryl methyl sites for hydroxylation is 1. The van der Waals surface area contributed by atoms with Gasteiger partial charge in [-0.25, -0.2) is 13.8 Å². The molecule has 0 bridgehead atoms. The van der Waals surface area contributed by atoms with Crippen molar-refractivity contribution in [2.24, 2.45) is 5.73 Å². The second kappa shape index (κ2) is 11.2. The monoisotopic (exact) mass is 516 g/mol. The van der Waals surface area contributed by atoms with E-state index in [1.165, 1.54) is 18.3 Å². The first kappa shape index (κ1) is 25.7. The summed E-state index contributed by atoms with van der Waals surface area (Å²) in [5.74, 6) is -0.387. The third kappa shape index (κ3) is 6.12. The van der Waals surface area contributed by atoms with Gasteiger partial charge >= 0.3 is 0 Å². The smallest absolute Gasteiger partial charge is 0.274 e. The third-order valence-corrected chi connectivity index (χ3v) is 6.66. The Hall–Kier alpha value is -3.95. The molecular formula is C29H30F2N6O. The zero-order chi connectivity index (χ0) is 26.6. The maximum Gasteiger partial charge on any atom is 0.274 e. The number of alkyl halides is 2. The number of imidazole rings is 1. The summed E-state index contributed by atoms with van der Waals surface area (Å²) in [4.78, 5) is 24.1. The molecule has 0 spiro atoms. The molecule has 1 unspecified atom stereocenters. The van der Waals surface area contributed by atoms with Crippen LogP contribution < -0.4 is 11.1 Å². The van der Waals surface area contributed by atoms with E-state index in [2.05, 4.69) is 26.3 Å². The average molecular weight is 517 g/mol. The van der Waals surface area contributed by atoms with Gasteiger partial charge in [0.2, 0.25) is 0 Å². The maximum atomic E-state index is 13.2. The van der Waals surface area contributed by atoms with Gasteiger partial charge in [0, 0.05) is 48.5 Å². The lowest BCUT2D eigenvalue weighted by atomic mass is 10.0. The summed E-state index contributed by atoms with van der Waals surface area (Å²) in [6, 6.07) is 15.5. The summed E-state index contributed by atoms with van der Waals surface area (Å²) in [7, 11) is 0. The maximum absolute atomic E-state index is 13.2. The van der Waals surface area contributed by atoms with Crippen LogP contribution in [-0.4, -0.2) is 44.5 Å². The lowest BCUT2D eigenvalue weighted by Crippen LogP contribution is -2.42. The van der Waals surface area contributed by atoms with E-state index in [-0.39, 0.29) is 23.2 Å². The number of aromatic nitrogens is 3. The van der Waals surface area contributed by atoms with Crippen LogP contribution in [0.2, 0.25) is 0 Å². The number of nitrogens with two attached hydrogens (primary N) is 1. The molecular weight excluding hydrogens is 486 g/mol. The van der Waals surface area contributed by atoms with Gasteiger partial charge in [-0.3, -0.25) is 14.7 Å². The molecule has 3 N–H and O–H groups in total. The molecule has 1 aliphatic heterocycles. The van der Waals surface area contributed by atoms with Crippen LogP contribution in [0.5, 0.6) is 0 Å². The molecule has 0 radical (unpaired) electrons. The van der Waals surface area contributed by atoms with Crippen molar-refractivity contribution < 1.29 is 13.6 Å². The first-order valence-corrected chi connectivity index (χ1v) is 12.6. The van der Waals surface area contributed by atoms with Crippen LogP contribution in [-0.2, 0) is 6.54 Å². The number of carbonyl (C=O) groups is 1. The van der Waals surface area contributed by atoms with Gasteiger partial charge in [0.05, 0.1) is 12.0 Å². The van der Waals surface area contributed by atoms with E-state index >= 15 is 0 Å². The quantitative estimate of drug-likeness (QED) is 0.345. The van der Waals surface area contributed by atoms with Crippen molar-refractivity contribution in [2.45, 2.75) is 38.8 Å². The third-order valence-electron chi connectivity index (χ3n) is 6.66. The van der Waals surface area contributed by atoms with Gasteiger partial charge in [-0.2, -0.15) is 0 Å². The number of anilines is 1. The fourth-order valence-electron chi connectivity index (χ4n) is 4.83. The molecule has 0 aliphatic carbocycles. The highest BCUT2D eigenvalue weighted by atomic mass is 19.3. The Kier molecular flexibility index (Phi) is 7.57. The minimum absolute atomic E-state index is 0.0703. The number of hydrogen-bond donors (Lipinski definition) is 2. The molecule has 5 rings (SSSR count). The number of likely N-dealkylation sites (tertiary alicyclic amines) is 1. The highest BCUT2D eigenvalue weighted by Crippen LogP contribution is 2.27. The number of nitrogens with zero attached hydrogens (tertiary/aromatic N) is 4. The second-order valence-corrected chi connectivity index (χ2v) is 9.76. The SMILES string of the molecule is Cc1cn(-c2cc(CN3CCCC(N)C3)cc(NC(=O)c3cc(-c4cccc(C(F)F)c4)ccn3)c2)cn1. The van der Waals surface area contributed by atoms with E-state index in [4.69, 9.17) is 5.73 Å². The number of carbonyl (C=O) groups excluding carboxylic acids is 1. The van der Waals surface area contributed by atoms with Crippen LogP contribution in [0.3, 0.4) is 0 Å². The number of amides is 1. The number of nitrogens with one attached hydrogen (secondary N) is 1. The van der Waals surface area contributed by atoms with E-state index in [0.717, 1.165) is 42.9 Å². The average Bonchev–Trinajstić information content (AvgIpc) is 3.35. The molecule has 2 aromatic carbocycles. The van der Waals surface area contributed by atoms with Crippen LogP contribution in [0.15, 0.2) is 73.3 Å². The number of hydrogen-bond acceptors (Lipinski definition) is 5. The van der Waals surface area contributed by atoms with E-state index in [1.807, 2.05) is 29.8 Å². The molecule has 7 nitrogen and oxygen atoms in total. The van der Waals surface area contributed by atoms with E-state index in [1.54, 1.807) is 30.6 Å². The van der Waals surface area contributed by atoms with E-state index in [9.17, 15) is 13.6 Å². The highest BCUT2D eigenvalue weighted by molar-refractivity contribution is 6.03. The Bertz CT molecular complexity index is 1440. The Morgan fingerprint density at radius 3 is 2.74 bits per heavy atom. The molecule has 38 heavy (non-hydrogen) atoms. The van der Waals surface area contributed by atoms with Gasteiger partial charge in [-0.1, -0.05) is 18.2 Å². The predicted molar refractivity (Wildman–Crippen MR) is 143 cm³/mol. The van der Waals surface area contributed by atoms with Gasteiger partial charge in [0.25, 0.3) is 12.3 Å². The fourth-order valence-corrected chi connectivity index (χ4v) is 4.83. The topological polar surface area (TPSA) is 89.1 Å². The summed E-state index contributed by atoms with van der Waals surface area (Å²) < 4.78 is 28.3. The molecule has 1 saturated heterocycles. The number of halogens is 2. The fraction of sp³-hybridized carbons (Fsp3) is 0.276. The Morgan fingerprint density at radius 1 is 1.13 bits per heavy atom. The number of benzene rings is 2. The Labute approximate surface area is 220 Å². The van der Waals surface area contributed by atoms with Crippen LogP contribution in [0.1, 0.15) is 46.6 Å². The molecule has 3 heterocycles. The Balaban J connectivity index is 1.41. The lowest BCUT2D eigenvalue weighted by molar-refractivity contribution is 0.102. The molecule has 196 valence electrons. The second-order valence-electron chi connectivity index (χ2n) is 9.76. The zero-order valence-electron chi connectivity index (χ0n) is 21.1. The first-order chi connectivity index (χ1) is 18.3. The van der Waals surface area contributed by atoms with Crippen molar-refractivity contribution in [3.05, 3.63) is 95.8 Å². The largest absolute Gasteiger partial charge is 0.327 e. The van der Waals surface area contributed by atoms with Crippen molar-refractivity contribution in [3.63, 3.8) is 0 Å².